The van der Waals surface area contributed by atoms with Crippen LogP contribution < -0.4 is 5.32 Å². The van der Waals surface area contributed by atoms with Gasteiger partial charge in [-0.15, -0.1) is 5.10 Å². The maximum atomic E-state index is 12.2. The maximum Gasteiger partial charge on any atom is 0.233 e. The van der Waals surface area contributed by atoms with Crippen LogP contribution in [0.1, 0.15) is 57.9 Å². The molecule has 0 bridgehead atoms. The predicted molar refractivity (Wildman–Crippen MR) is 76.4 cm³/mol. The van der Waals surface area contributed by atoms with Crippen molar-refractivity contribution in [2.24, 2.45) is 0 Å². The number of carbonyl (C=O) groups excluding carboxylic acids is 1. The van der Waals surface area contributed by atoms with E-state index >= 15 is 0 Å². The molecule has 1 amide bonds. The van der Waals surface area contributed by atoms with Crippen molar-refractivity contribution < 1.29 is 4.79 Å². The standard InChI is InChI=1S/C13H21N5OS/c1-9(12(19)14-10-5-3-2-4-6-10)20-13-15-16-17-18(13)11-7-8-11/h9-11H,2-8H2,1H3,(H,14,19)/t9-/m1/s1. The van der Waals surface area contributed by atoms with Gasteiger partial charge in [0.2, 0.25) is 11.1 Å². The number of tetrazole rings is 1. The quantitative estimate of drug-likeness (QED) is 0.840. The summed E-state index contributed by atoms with van der Waals surface area (Å²) in [6.45, 7) is 1.93. The molecule has 7 heteroatoms. The molecule has 0 radical (unpaired) electrons. The fourth-order valence-electron chi connectivity index (χ4n) is 2.59. The zero-order valence-electron chi connectivity index (χ0n) is 11.8. The van der Waals surface area contributed by atoms with Gasteiger partial charge in [0.15, 0.2) is 0 Å². The molecule has 1 atom stereocenters. The number of hydrogen-bond acceptors (Lipinski definition) is 5. The Morgan fingerprint density at radius 2 is 2.05 bits per heavy atom. The van der Waals surface area contributed by atoms with Crippen LogP contribution in [0.5, 0.6) is 0 Å². The lowest BCUT2D eigenvalue weighted by atomic mass is 9.95. The van der Waals surface area contributed by atoms with Gasteiger partial charge in [-0.2, -0.15) is 0 Å². The van der Waals surface area contributed by atoms with Crippen molar-refractivity contribution in [3.63, 3.8) is 0 Å². The number of amides is 1. The molecule has 1 heterocycles. The first-order valence-electron chi connectivity index (χ1n) is 7.49. The topological polar surface area (TPSA) is 72.7 Å². The van der Waals surface area contributed by atoms with Crippen LogP contribution in [0.4, 0.5) is 0 Å². The third kappa shape index (κ3) is 3.31. The number of nitrogens with zero attached hydrogens (tertiary/aromatic N) is 4. The molecule has 110 valence electrons. The first kappa shape index (κ1) is 13.9. The van der Waals surface area contributed by atoms with Crippen molar-refractivity contribution in [2.75, 3.05) is 0 Å². The summed E-state index contributed by atoms with van der Waals surface area (Å²) in [5.41, 5.74) is 0. The van der Waals surface area contributed by atoms with E-state index in [-0.39, 0.29) is 11.2 Å². The first-order valence-corrected chi connectivity index (χ1v) is 8.37. The first-order chi connectivity index (χ1) is 9.74. The monoisotopic (exact) mass is 295 g/mol. The number of rotatable bonds is 5. The van der Waals surface area contributed by atoms with Gasteiger partial charge in [-0.05, 0) is 43.0 Å². The Morgan fingerprint density at radius 3 is 2.75 bits per heavy atom. The third-order valence-corrected chi connectivity index (χ3v) is 5.01. The molecule has 1 N–H and O–H groups in total. The van der Waals surface area contributed by atoms with E-state index in [1.54, 1.807) is 0 Å². The molecular formula is C13H21N5OS. The lowest BCUT2D eigenvalue weighted by molar-refractivity contribution is -0.121. The van der Waals surface area contributed by atoms with E-state index in [1.807, 2.05) is 11.6 Å². The molecule has 2 aliphatic carbocycles. The van der Waals surface area contributed by atoms with Gasteiger partial charge >= 0.3 is 0 Å². The molecule has 2 saturated carbocycles. The van der Waals surface area contributed by atoms with Crippen molar-refractivity contribution in [1.82, 2.24) is 25.5 Å². The number of carbonyl (C=O) groups is 1. The minimum atomic E-state index is -0.152. The van der Waals surface area contributed by atoms with Crippen LogP contribution in [0.15, 0.2) is 5.16 Å². The average molecular weight is 295 g/mol. The van der Waals surface area contributed by atoms with Crippen LogP contribution in [0.25, 0.3) is 0 Å². The van der Waals surface area contributed by atoms with Crippen LogP contribution in [-0.2, 0) is 4.79 Å². The van der Waals surface area contributed by atoms with Crippen LogP contribution in [0.2, 0.25) is 0 Å². The van der Waals surface area contributed by atoms with Gasteiger partial charge in [0, 0.05) is 6.04 Å². The zero-order valence-corrected chi connectivity index (χ0v) is 12.6. The highest BCUT2D eigenvalue weighted by Gasteiger charge is 2.29. The van der Waals surface area contributed by atoms with Crippen molar-refractivity contribution >= 4 is 17.7 Å². The highest BCUT2D eigenvalue weighted by molar-refractivity contribution is 8.00. The van der Waals surface area contributed by atoms with E-state index < -0.39 is 0 Å². The van der Waals surface area contributed by atoms with E-state index in [1.165, 1.54) is 31.0 Å². The SMILES string of the molecule is C[C@@H](Sc1nnnn1C1CC1)C(=O)NC1CCCCC1. The summed E-state index contributed by atoms with van der Waals surface area (Å²) in [7, 11) is 0. The molecule has 1 aromatic rings. The Bertz CT molecular complexity index is 467. The van der Waals surface area contributed by atoms with Crippen LogP contribution >= 0.6 is 11.8 Å². The summed E-state index contributed by atoms with van der Waals surface area (Å²) < 4.78 is 1.86. The number of hydrogen-bond donors (Lipinski definition) is 1. The molecular weight excluding hydrogens is 274 g/mol. The van der Waals surface area contributed by atoms with E-state index in [0.29, 0.717) is 12.1 Å². The average Bonchev–Trinajstić information content (AvgIpc) is 3.20. The van der Waals surface area contributed by atoms with Gasteiger partial charge < -0.3 is 5.32 Å². The molecule has 0 saturated heterocycles. The van der Waals surface area contributed by atoms with E-state index in [9.17, 15) is 4.79 Å². The minimum absolute atomic E-state index is 0.104. The lowest BCUT2D eigenvalue weighted by Crippen LogP contribution is -2.40. The second-order valence-electron chi connectivity index (χ2n) is 5.74. The van der Waals surface area contributed by atoms with Crippen LogP contribution in [0.3, 0.4) is 0 Å². The van der Waals surface area contributed by atoms with Crippen molar-refractivity contribution in [1.29, 1.82) is 0 Å². The normalized spacial score (nSPS) is 21.6. The number of aromatic nitrogens is 4. The molecule has 0 unspecified atom stereocenters. The van der Waals surface area contributed by atoms with E-state index in [2.05, 4.69) is 20.8 Å². The van der Waals surface area contributed by atoms with Gasteiger partial charge in [-0.25, -0.2) is 4.68 Å². The molecule has 2 aliphatic rings. The lowest BCUT2D eigenvalue weighted by Gasteiger charge is -2.24. The van der Waals surface area contributed by atoms with Crippen molar-refractivity contribution in [3.05, 3.63) is 0 Å². The second-order valence-corrected chi connectivity index (χ2v) is 7.05. The van der Waals surface area contributed by atoms with Gasteiger partial charge in [0.1, 0.15) is 0 Å². The smallest absolute Gasteiger partial charge is 0.233 e. The summed E-state index contributed by atoms with van der Waals surface area (Å²) in [6, 6.07) is 0.805. The Kier molecular flexibility index (Phi) is 4.24. The summed E-state index contributed by atoms with van der Waals surface area (Å²) >= 11 is 1.46. The molecule has 0 spiro atoms. The fourth-order valence-corrected chi connectivity index (χ4v) is 3.46. The molecule has 2 fully saturated rings. The summed E-state index contributed by atoms with van der Waals surface area (Å²) in [5.74, 6) is 0.104. The molecule has 3 rings (SSSR count). The Morgan fingerprint density at radius 1 is 1.30 bits per heavy atom. The minimum Gasteiger partial charge on any atom is -0.352 e. The molecule has 6 nitrogen and oxygen atoms in total. The van der Waals surface area contributed by atoms with Crippen molar-refractivity contribution in [3.8, 4) is 0 Å². The van der Waals surface area contributed by atoms with E-state index in [4.69, 9.17) is 0 Å². The van der Waals surface area contributed by atoms with Gasteiger partial charge in [0.05, 0.1) is 11.3 Å². The predicted octanol–water partition coefficient (Wildman–Crippen LogP) is 1.94. The molecule has 0 aliphatic heterocycles. The Balaban J connectivity index is 1.53. The highest BCUT2D eigenvalue weighted by atomic mass is 32.2. The molecule has 0 aromatic carbocycles. The molecule has 1 aromatic heterocycles. The Hall–Kier alpha value is -1.11. The van der Waals surface area contributed by atoms with Gasteiger partial charge in [-0.1, -0.05) is 31.0 Å². The molecule has 20 heavy (non-hydrogen) atoms. The Labute approximate surface area is 123 Å². The summed E-state index contributed by atoms with van der Waals surface area (Å²) in [6.07, 6.45) is 8.26. The van der Waals surface area contributed by atoms with Crippen LogP contribution in [-0.4, -0.2) is 37.4 Å². The van der Waals surface area contributed by atoms with Gasteiger partial charge in [-0.3, -0.25) is 4.79 Å². The fraction of sp³-hybridized carbons (Fsp3) is 0.846. The second kappa shape index (κ2) is 6.11. The third-order valence-electron chi connectivity index (χ3n) is 3.96. The largest absolute Gasteiger partial charge is 0.352 e. The summed E-state index contributed by atoms with van der Waals surface area (Å²) in [5, 5.41) is 15.5. The zero-order chi connectivity index (χ0) is 13.9. The highest BCUT2D eigenvalue weighted by Crippen LogP contribution is 2.37. The van der Waals surface area contributed by atoms with Crippen molar-refractivity contribution in [2.45, 2.75) is 74.4 Å². The number of nitrogens with one attached hydrogen (secondary N) is 1. The van der Waals surface area contributed by atoms with E-state index in [0.717, 1.165) is 30.8 Å². The maximum absolute atomic E-state index is 12.2. The van der Waals surface area contributed by atoms with Crippen LogP contribution in [0, 0.1) is 0 Å². The number of thioether (sulfide) groups is 1. The van der Waals surface area contributed by atoms with Gasteiger partial charge in [0.25, 0.3) is 0 Å². The summed E-state index contributed by atoms with van der Waals surface area (Å²) in [4.78, 5) is 12.2.